The zero-order valence-corrected chi connectivity index (χ0v) is 9.34. The predicted molar refractivity (Wildman–Crippen MR) is 59.5 cm³/mol. The fraction of sp³-hybridized carbons (Fsp3) is 0.417. The van der Waals surface area contributed by atoms with Crippen molar-refractivity contribution >= 4 is 17.6 Å². The van der Waals surface area contributed by atoms with Gasteiger partial charge in [-0.15, -0.1) is 0 Å². The van der Waals surface area contributed by atoms with Crippen LogP contribution in [0.4, 0.5) is 0 Å². The number of hydrogen-bond donors (Lipinski definition) is 1. The zero-order valence-electron chi connectivity index (χ0n) is 8.59. The van der Waals surface area contributed by atoms with Crippen molar-refractivity contribution in [2.24, 2.45) is 5.41 Å². The van der Waals surface area contributed by atoms with Gasteiger partial charge in [0, 0.05) is 5.02 Å². The molecular formula is C12H13ClO2. The second-order valence-corrected chi connectivity index (χ2v) is 5.08. The fourth-order valence-corrected chi connectivity index (χ4v) is 2.02. The van der Waals surface area contributed by atoms with E-state index in [0.29, 0.717) is 10.4 Å². The van der Waals surface area contributed by atoms with E-state index in [4.69, 9.17) is 16.7 Å². The third-order valence-electron chi connectivity index (χ3n) is 2.94. The first kappa shape index (κ1) is 10.5. The number of aromatic carboxylic acids is 1. The van der Waals surface area contributed by atoms with Gasteiger partial charge in [-0.1, -0.05) is 18.5 Å². The van der Waals surface area contributed by atoms with E-state index in [9.17, 15) is 4.79 Å². The lowest BCUT2D eigenvalue weighted by molar-refractivity contribution is 0.0696. The average Bonchev–Trinajstić information content (AvgIpc) is 2.81. The van der Waals surface area contributed by atoms with E-state index in [2.05, 4.69) is 6.92 Å². The summed E-state index contributed by atoms with van der Waals surface area (Å²) in [6, 6.07) is 5.07. The van der Waals surface area contributed by atoms with Gasteiger partial charge >= 0.3 is 5.97 Å². The highest BCUT2D eigenvalue weighted by molar-refractivity contribution is 6.31. The minimum atomic E-state index is -0.917. The van der Waals surface area contributed by atoms with E-state index < -0.39 is 5.97 Å². The van der Waals surface area contributed by atoms with Crippen molar-refractivity contribution < 1.29 is 9.90 Å². The van der Waals surface area contributed by atoms with E-state index >= 15 is 0 Å². The molecular weight excluding hydrogens is 212 g/mol. The van der Waals surface area contributed by atoms with Crippen molar-refractivity contribution in [2.75, 3.05) is 0 Å². The van der Waals surface area contributed by atoms with Gasteiger partial charge in [-0.2, -0.15) is 0 Å². The first-order valence-electron chi connectivity index (χ1n) is 5.01. The molecule has 1 aliphatic rings. The van der Waals surface area contributed by atoms with Crippen LogP contribution in [0.1, 0.15) is 35.7 Å². The molecule has 1 aromatic rings. The second-order valence-electron chi connectivity index (χ2n) is 4.64. The molecule has 0 unspecified atom stereocenters. The van der Waals surface area contributed by atoms with Crippen LogP contribution in [0, 0.1) is 5.41 Å². The number of rotatable bonds is 3. The summed E-state index contributed by atoms with van der Waals surface area (Å²) in [5.41, 5.74) is 1.68. The molecule has 0 aromatic heterocycles. The maximum Gasteiger partial charge on any atom is 0.335 e. The Hall–Kier alpha value is -1.02. The van der Waals surface area contributed by atoms with Gasteiger partial charge in [0.1, 0.15) is 0 Å². The fourth-order valence-electron chi connectivity index (χ4n) is 1.76. The molecule has 0 bridgehead atoms. The van der Waals surface area contributed by atoms with Crippen molar-refractivity contribution in [1.29, 1.82) is 0 Å². The van der Waals surface area contributed by atoms with E-state index in [-0.39, 0.29) is 5.56 Å². The largest absolute Gasteiger partial charge is 0.478 e. The normalized spacial score (nSPS) is 17.5. The molecule has 2 nitrogen and oxygen atoms in total. The Morgan fingerprint density at radius 1 is 1.47 bits per heavy atom. The standard InChI is InChI=1S/C12H13ClO2/c1-12(2-3-12)7-8-4-9(11(14)15)6-10(13)5-8/h4-6H,2-3,7H2,1H3,(H,14,15). The van der Waals surface area contributed by atoms with Crippen LogP contribution >= 0.6 is 11.6 Å². The summed E-state index contributed by atoms with van der Waals surface area (Å²) >= 11 is 5.88. The molecule has 0 amide bonds. The highest BCUT2D eigenvalue weighted by Crippen LogP contribution is 2.47. The van der Waals surface area contributed by atoms with Gasteiger partial charge in [0.2, 0.25) is 0 Å². The van der Waals surface area contributed by atoms with E-state index in [1.165, 1.54) is 18.9 Å². The van der Waals surface area contributed by atoms with Crippen molar-refractivity contribution in [3.05, 3.63) is 34.3 Å². The number of hydrogen-bond acceptors (Lipinski definition) is 1. The first-order valence-corrected chi connectivity index (χ1v) is 5.39. The Labute approximate surface area is 93.9 Å². The molecule has 1 aromatic carbocycles. The van der Waals surface area contributed by atoms with Crippen LogP contribution in [0.3, 0.4) is 0 Å². The van der Waals surface area contributed by atoms with Gasteiger partial charge < -0.3 is 5.11 Å². The SMILES string of the molecule is CC1(Cc2cc(Cl)cc(C(=O)O)c2)CC1. The molecule has 0 saturated heterocycles. The third kappa shape index (κ3) is 2.51. The van der Waals surface area contributed by atoms with Gasteiger partial charge in [-0.3, -0.25) is 0 Å². The maximum atomic E-state index is 10.8. The van der Waals surface area contributed by atoms with Crippen molar-refractivity contribution in [2.45, 2.75) is 26.2 Å². The quantitative estimate of drug-likeness (QED) is 0.855. The van der Waals surface area contributed by atoms with Crippen LogP contribution in [0.5, 0.6) is 0 Å². The second kappa shape index (κ2) is 3.53. The van der Waals surface area contributed by atoms with E-state index in [1.807, 2.05) is 6.07 Å². The zero-order chi connectivity index (χ0) is 11.1. The predicted octanol–water partition coefficient (Wildman–Crippen LogP) is 3.38. The summed E-state index contributed by atoms with van der Waals surface area (Å²) in [6.45, 7) is 2.22. The topological polar surface area (TPSA) is 37.3 Å². The molecule has 0 atom stereocenters. The Balaban J connectivity index is 2.27. The molecule has 0 aliphatic heterocycles. The highest BCUT2D eigenvalue weighted by atomic mass is 35.5. The van der Waals surface area contributed by atoms with E-state index in [0.717, 1.165) is 12.0 Å². The van der Waals surface area contributed by atoms with Gasteiger partial charge in [0.05, 0.1) is 5.56 Å². The average molecular weight is 225 g/mol. The van der Waals surface area contributed by atoms with Crippen molar-refractivity contribution in [3.8, 4) is 0 Å². The Bertz CT molecular complexity index is 408. The molecule has 0 heterocycles. The minimum absolute atomic E-state index is 0.279. The molecule has 1 fully saturated rings. The summed E-state index contributed by atoms with van der Waals surface area (Å²) in [7, 11) is 0. The number of benzene rings is 1. The molecule has 3 heteroatoms. The molecule has 1 N–H and O–H groups in total. The number of carbonyl (C=O) groups is 1. The van der Waals surface area contributed by atoms with Gasteiger partial charge in [-0.25, -0.2) is 4.79 Å². The summed E-state index contributed by atoms with van der Waals surface area (Å²) in [6.07, 6.45) is 3.37. The van der Waals surface area contributed by atoms with Crippen molar-refractivity contribution in [1.82, 2.24) is 0 Å². The van der Waals surface area contributed by atoms with Crippen LogP contribution in [0.2, 0.25) is 5.02 Å². The first-order chi connectivity index (χ1) is 6.98. The monoisotopic (exact) mass is 224 g/mol. The molecule has 80 valence electrons. The molecule has 0 spiro atoms. The van der Waals surface area contributed by atoms with Crippen LogP contribution in [0.15, 0.2) is 18.2 Å². The van der Waals surface area contributed by atoms with Gasteiger partial charge in [0.25, 0.3) is 0 Å². The molecule has 2 rings (SSSR count). The summed E-state index contributed by atoms with van der Waals surface area (Å²) in [5.74, 6) is -0.917. The molecule has 15 heavy (non-hydrogen) atoms. The number of carboxylic acids is 1. The summed E-state index contributed by atoms with van der Waals surface area (Å²) in [4.78, 5) is 10.8. The Morgan fingerprint density at radius 3 is 2.67 bits per heavy atom. The van der Waals surface area contributed by atoms with Gasteiger partial charge in [0.15, 0.2) is 0 Å². The van der Waals surface area contributed by atoms with Gasteiger partial charge in [-0.05, 0) is 48.4 Å². The maximum absolute atomic E-state index is 10.8. The number of carboxylic acid groups (broad SMARTS) is 1. The Kier molecular flexibility index (Phi) is 2.47. The Morgan fingerprint density at radius 2 is 2.13 bits per heavy atom. The van der Waals surface area contributed by atoms with Crippen LogP contribution in [0.25, 0.3) is 0 Å². The van der Waals surface area contributed by atoms with Crippen LogP contribution in [-0.2, 0) is 6.42 Å². The smallest absolute Gasteiger partial charge is 0.335 e. The van der Waals surface area contributed by atoms with E-state index in [1.54, 1.807) is 6.07 Å². The lowest BCUT2D eigenvalue weighted by Gasteiger charge is -2.09. The summed E-state index contributed by atoms with van der Waals surface area (Å²) < 4.78 is 0. The lowest BCUT2D eigenvalue weighted by atomic mass is 9.97. The summed E-state index contributed by atoms with van der Waals surface area (Å²) in [5, 5.41) is 9.40. The number of halogens is 1. The molecule has 0 radical (unpaired) electrons. The van der Waals surface area contributed by atoms with Crippen molar-refractivity contribution in [3.63, 3.8) is 0 Å². The highest BCUT2D eigenvalue weighted by Gasteiger charge is 2.37. The van der Waals surface area contributed by atoms with Crippen LogP contribution in [-0.4, -0.2) is 11.1 Å². The molecule has 1 aliphatic carbocycles. The molecule has 1 saturated carbocycles. The minimum Gasteiger partial charge on any atom is -0.478 e. The lowest BCUT2D eigenvalue weighted by Crippen LogP contribution is -2.02. The third-order valence-corrected chi connectivity index (χ3v) is 3.16. The van der Waals surface area contributed by atoms with Crippen LogP contribution < -0.4 is 0 Å².